The number of likely N-dealkylation sites (tertiary alicyclic amines) is 1. The largest absolute Gasteiger partial charge is 0.466 e. The molecule has 0 aromatic heterocycles. The van der Waals surface area contributed by atoms with Gasteiger partial charge in [0.05, 0.1) is 7.11 Å². The second-order valence-electron chi connectivity index (χ2n) is 5.62. The van der Waals surface area contributed by atoms with E-state index < -0.39 is 11.6 Å². The first kappa shape index (κ1) is 15.5. The Morgan fingerprint density at radius 3 is 2.53 bits per heavy atom. The maximum absolute atomic E-state index is 12.1. The minimum Gasteiger partial charge on any atom is -0.466 e. The van der Waals surface area contributed by atoms with Crippen LogP contribution in [0.1, 0.15) is 40.0 Å². The highest BCUT2D eigenvalue weighted by atomic mass is 16.6. The summed E-state index contributed by atoms with van der Waals surface area (Å²) in [4.78, 5) is 25.1. The Morgan fingerprint density at radius 2 is 1.95 bits per heavy atom. The van der Waals surface area contributed by atoms with Crippen molar-refractivity contribution in [2.75, 3.05) is 13.7 Å². The molecule has 1 heterocycles. The van der Waals surface area contributed by atoms with Gasteiger partial charge in [0.15, 0.2) is 0 Å². The van der Waals surface area contributed by atoms with Crippen molar-refractivity contribution in [2.45, 2.75) is 51.7 Å². The summed E-state index contributed by atoms with van der Waals surface area (Å²) < 4.78 is 9.96. The number of ether oxygens (including phenoxy) is 2. The van der Waals surface area contributed by atoms with E-state index >= 15 is 0 Å². The summed E-state index contributed by atoms with van der Waals surface area (Å²) in [5.74, 6) is -0.657. The highest BCUT2D eigenvalue weighted by molar-refractivity contribution is 5.82. The molecule has 0 bridgehead atoms. The van der Waals surface area contributed by atoms with Gasteiger partial charge in [0, 0.05) is 18.8 Å². The lowest BCUT2D eigenvalue weighted by molar-refractivity contribution is -0.161. The average Bonchev–Trinajstić information content (AvgIpc) is 2.34. The Balaban J connectivity index is 2.69. The van der Waals surface area contributed by atoms with Crippen molar-refractivity contribution < 1.29 is 19.1 Å². The number of hydrogen-bond donors (Lipinski definition) is 0. The molecule has 0 aromatic rings. The molecule has 1 saturated heterocycles. The number of carbonyl (C=O) groups is 2. The van der Waals surface area contributed by atoms with Crippen LogP contribution in [0.15, 0.2) is 12.3 Å². The van der Waals surface area contributed by atoms with Crippen molar-refractivity contribution in [1.82, 2.24) is 4.90 Å². The van der Waals surface area contributed by atoms with Gasteiger partial charge in [-0.1, -0.05) is 0 Å². The lowest BCUT2D eigenvalue weighted by Gasteiger charge is -2.34. The molecule has 1 aliphatic rings. The SMILES string of the molecule is COC(=O)/C=C/N1CCCC[C@H]1C(=O)OC(C)(C)C. The van der Waals surface area contributed by atoms with E-state index in [0.717, 1.165) is 25.8 Å². The van der Waals surface area contributed by atoms with Crippen molar-refractivity contribution in [3.05, 3.63) is 12.3 Å². The molecule has 0 radical (unpaired) electrons. The molecule has 0 unspecified atom stereocenters. The highest BCUT2D eigenvalue weighted by Gasteiger charge is 2.30. The zero-order chi connectivity index (χ0) is 14.5. The van der Waals surface area contributed by atoms with Crippen LogP contribution in [-0.4, -0.2) is 42.1 Å². The summed E-state index contributed by atoms with van der Waals surface area (Å²) in [5, 5.41) is 0. The standard InChI is InChI=1S/C14H23NO4/c1-14(2,3)19-13(17)11-7-5-6-9-15(11)10-8-12(16)18-4/h8,10-11H,5-7,9H2,1-4H3/b10-8+/t11-/m0/s1. The van der Waals surface area contributed by atoms with E-state index in [1.807, 2.05) is 25.7 Å². The lowest BCUT2D eigenvalue weighted by Crippen LogP contribution is -2.44. The van der Waals surface area contributed by atoms with Crippen LogP contribution in [0.25, 0.3) is 0 Å². The van der Waals surface area contributed by atoms with Crippen molar-refractivity contribution in [3.63, 3.8) is 0 Å². The molecule has 0 N–H and O–H groups in total. The number of piperidine rings is 1. The second kappa shape index (κ2) is 6.59. The molecular weight excluding hydrogens is 246 g/mol. The van der Waals surface area contributed by atoms with Crippen LogP contribution in [0.2, 0.25) is 0 Å². The highest BCUT2D eigenvalue weighted by Crippen LogP contribution is 2.21. The Kier molecular flexibility index (Phi) is 5.39. The van der Waals surface area contributed by atoms with Crippen LogP contribution in [0.3, 0.4) is 0 Å². The number of methoxy groups -OCH3 is 1. The Hall–Kier alpha value is -1.52. The zero-order valence-electron chi connectivity index (χ0n) is 12.1. The van der Waals surface area contributed by atoms with Gasteiger partial charge < -0.3 is 14.4 Å². The second-order valence-corrected chi connectivity index (χ2v) is 5.62. The first-order valence-corrected chi connectivity index (χ1v) is 6.58. The van der Waals surface area contributed by atoms with Gasteiger partial charge in [-0.05, 0) is 40.0 Å². The average molecular weight is 269 g/mol. The van der Waals surface area contributed by atoms with Gasteiger partial charge >= 0.3 is 11.9 Å². The molecule has 5 heteroatoms. The van der Waals surface area contributed by atoms with Gasteiger partial charge in [-0.25, -0.2) is 9.59 Å². The van der Waals surface area contributed by atoms with Crippen LogP contribution in [0, 0.1) is 0 Å². The summed E-state index contributed by atoms with van der Waals surface area (Å²) in [5.41, 5.74) is -0.494. The normalized spacial score (nSPS) is 20.4. The maximum Gasteiger partial charge on any atom is 0.331 e. The summed E-state index contributed by atoms with van der Waals surface area (Å²) in [6, 6.07) is -0.311. The summed E-state index contributed by atoms with van der Waals surface area (Å²) >= 11 is 0. The zero-order valence-corrected chi connectivity index (χ0v) is 12.1. The van der Waals surface area contributed by atoms with Gasteiger partial charge in [0.2, 0.25) is 0 Å². The molecule has 108 valence electrons. The molecule has 19 heavy (non-hydrogen) atoms. The molecule has 1 atom stereocenters. The molecule has 0 aliphatic carbocycles. The molecule has 0 aromatic carbocycles. The van der Waals surface area contributed by atoms with E-state index in [9.17, 15) is 9.59 Å². The molecule has 1 rings (SSSR count). The fraction of sp³-hybridized carbons (Fsp3) is 0.714. The predicted molar refractivity (Wildman–Crippen MR) is 71.3 cm³/mol. The van der Waals surface area contributed by atoms with Crippen molar-refractivity contribution in [1.29, 1.82) is 0 Å². The summed E-state index contributed by atoms with van der Waals surface area (Å²) in [7, 11) is 1.33. The Labute approximate surface area is 114 Å². The molecule has 1 aliphatic heterocycles. The fourth-order valence-corrected chi connectivity index (χ4v) is 1.98. The Bertz CT molecular complexity index is 357. The monoisotopic (exact) mass is 269 g/mol. The minimum absolute atomic E-state index is 0.235. The van der Waals surface area contributed by atoms with Crippen molar-refractivity contribution in [3.8, 4) is 0 Å². The van der Waals surface area contributed by atoms with E-state index in [0.29, 0.717) is 0 Å². The lowest BCUT2D eigenvalue weighted by atomic mass is 10.0. The van der Waals surface area contributed by atoms with Gasteiger partial charge in [-0.15, -0.1) is 0 Å². The van der Waals surface area contributed by atoms with Gasteiger partial charge in [-0.2, -0.15) is 0 Å². The van der Waals surface area contributed by atoms with Crippen LogP contribution in [0.4, 0.5) is 0 Å². The van der Waals surface area contributed by atoms with Crippen LogP contribution in [0.5, 0.6) is 0 Å². The van der Waals surface area contributed by atoms with Crippen LogP contribution in [-0.2, 0) is 19.1 Å². The van der Waals surface area contributed by atoms with Crippen LogP contribution >= 0.6 is 0 Å². The van der Waals surface area contributed by atoms with E-state index in [-0.39, 0.29) is 12.0 Å². The van der Waals surface area contributed by atoms with E-state index in [1.54, 1.807) is 6.20 Å². The van der Waals surface area contributed by atoms with Gasteiger partial charge in [0.1, 0.15) is 11.6 Å². The van der Waals surface area contributed by atoms with Gasteiger partial charge in [0.25, 0.3) is 0 Å². The van der Waals surface area contributed by atoms with Crippen LogP contribution < -0.4 is 0 Å². The third-order valence-electron chi connectivity index (χ3n) is 2.83. The molecular formula is C14H23NO4. The number of nitrogens with zero attached hydrogens (tertiary/aromatic N) is 1. The third-order valence-corrected chi connectivity index (χ3v) is 2.83. The van der Waals surface area contributed by atoms with E-state index in [4.69, 9.17) is 4.74 Å². The quantitative estimate of drug-likeness (QED) is 0.578. The van der Waals surface area contributed by atoms with Gasteiger partial charge in [-0.3, -0.25) is 0 Å². The van der Waals surface area contributed by atoms with Crippen molar-refractivity contribution in [2.24, 2.45) is 0 Å². The summed E-state index contributed by atoms with van der Waals surface area (Å²) in [6.07, 6.45) is 5.71. The first-order valence-electron chi connectivity index (χ1n) is 6.58. The number of carbonyl (C=O) groups excluding carboxylic acids is 2. The van der Waals surface area contributed by atoms with E-state index in [2.05, 4.69) is 4.74 Å². The fourth-order valence-electron chi connectivity index (χ4n) is 1.98. The third kappa shape index (κ3) is 5.32. The summed E-state index contributed by atoms with van der Waals surface area (Å²) in [6.45, 7) is 6.30. The number of rotatable bonds is 3. The number of esters is 2. The molecule has 0 spiro atoms. The Morgan fingerprint density at radius 1 is 1.26 bits per heavy atom. The topological polar surface area (TPSA) is 55.8 Å². The van der Waals surface area contributed by atoms with Crippen molar-refractivity contribution >= 4 is 11.9 Å². The smallest absolute Gasteiger partial charge is 0.331 e. The molecule has 0 saturated carbocycles. The molecule has 5 nitrogen and oxygen atoms in total. The predicted octanol–water partition coefficient (Wildman–Crippen LogP) is 1.87. The molecule has 0 amide bonds. The first-order chi connectivity index (χ1) is 8.83. The minimum atomic E-state index is -0.494. The number of hydrogen-bond acceptors (Lipinski definition) is 5. The maximum atomic E-state index is 12.1. The molecule has 1 fully saturated rings. The van der Waals surface area contributed by atoms with E-state index in [1.165, 1.54) is 13.2 Å².